The number of rotatable bonds is 4. The molecular formula is C14H15NO3. The number of hydrogen-bond acceptors (Lipinski definition) is 3. The van der Waals surface area contributed by atoms with Gasteiger partial charge in [-0.1, -0.05) is 0 Å². The number of benzene rings is 1. The van der Waals surface area contributed by atoms with Crippen LogP contribution in [0.2, 0.25) is 0 Å². The fraction of sp³-hybridized carbons (Fsp3) is 0.286. The number of aryl methyl sites for hydroxylation is 1. The molecule has 2 aromatic rings. The Morgan fingerprint density at radius 1 is 1.28 bits per heavy atom. The third kappa shape index (κ3) is 2.59. The predicted molar refractivity (Wildman–Crippen MR) is 68.6 cm³/mol. The second-order valence-corrected chi connectivity index (χ2v) is 4.23. The molecule has 0 saturated heterocycles. The van der Waals surface area contributed by atoms with Crippen LogP contribution in [0.15, 0.2) is 24.3 Å². The Morgan fingerprint density at radius 3 is 2.72 bits per heavy atom. The number of aromatic amines is 1. The van der Waals surface area contributed by atoms with Gasteiger partial charge in [0.25, 0.3) is 0 Å². The fourth-order valence-electron chi connectivity index (χ4n) is 1.89. The van der Waals surface area contributed by atoms with Crippen LogP contribution in [0.3, 0.4) is 0 Å². The van der Waals surface area contributed by atoms with E-state index in [0.29, 0.717) is 18.4 Å². The lowest BCUT2D eigenvalue weighted by molar-refractivity contribution is -0.140. The molecule has 0 amide bonds. The van der Waals surface area contributed by atoms with Gasteiger partial charge in [-0.05, 0) is 37.6 Å². The number of aromatic nitrogens is 1. The van der Waals surface area contributed by atoms with E-state index in [1.807, 2.05) is 18.2 Å². The van der Waals surface area contributed by atoms with Crippen LogP contribution in [-0.4, -0.2) is 23.8 Å². The van der Waals surface area contributed by atoms with Crippen LogP contribution in [0.5, 0.6) is 0 Å². The van der Waals surface area contributed by atoms with Gasteiger partial charge in [-0.25, -0.2) is 0 Å². The minimum Gasteiger partial charge on any atom is -0.469 e. The molecule has 0 unspecified atom stereocenters. The first-order valence-electron chi connectivity index (χ1n) is 5.79. The maximum atomic E-state index is 11.3. The Hall–Kier alpha value is -2.10. The summed E-state index contributed by atoms with van der Waals surface area (Å²) >= 11 is 0. The largest absolute Gasteiger partial charge is 0.469 e. The molecule has 2 rings (SSSR count). The zero-order valence-corrected chi connectivity index (χ0v) is 10.4. The van der Waals surface area contributed by atoms with Crippen LogP contribution in [-0.2, 0) is 16.0 Å². The van der Waals surface area contributed by atoms with Crippen LogP contribution < -0.4 is 0 Å². The molecule has 1 N–H and O–H groups in total. The van der Waals surface area contributed by atoms with Gasteiger partial charge >= 0.3 is 5.97 Å². The number of nitrogens with one attached hydrogen (secondary N) is 1. The number of carbonyl (C=O) groups is 2. The third-order valence-electron chi connectivity index (χ3n) is 2.91. The molecule has 4 heteroatoms. The number of methoxy groups -OCH3 is 1. The topological polar surface area (TPSA) is 59.2 Å². The van der Waals surface area contributed by atoms with Crippen LogP contribution in [0.4, 0.5) is 0 Å². The second-order valence-electron chi connectivity index (χ2n) is 4.23. The lowest BCUT2D eigenvalue weighted by Gasteiger charge is -1.96. The highest BCUT2D eigenvalue weighted by Crippen LogP contribution is 2.18. The average molecular weight is 245 g/mol. The molecule has 1 heterocycles. The van der Waals surface area contributed by atoms with Crippen molar-refractivity contribution in [3.63, 3.8) is 0 Å². The van der Waals surface area contributed by atoms with Crippen molar-refractivity contribution in [2.45, 2.75) is 19.8 Å². The van der Waals surface area contributed by atoms with Gasteiger partial charge in [0.2, 0.25) is 0 Å². The third-order valence-corrected chi connectivity index (χ3v) is 2.91. The highest BCUT2D eigenvalue weighted by molar-refractivity contribution is 5.98. The van der Waals surface area contributed by atoms with Crippen LogP contribution in [0.25, 0.3) is 10.9 Å². The Balaban J connectivity index is 2.22. The maximum absolute atomic E-state index is 11.3. The van der Waals surface area contributed by atoms with E-state index in [-0.39, 0.29) is 11.8 Å². The van der Waals surface area contributed by atoms with E-state index >= 15 is 0 Å². The van der Waals surface area contributed by atoms with Crippen LogP contribution >= 0.6 is 0 Å². The quantitative estimate of drug-likeness (QED) is 0.665. The summed E-state index contributed by atoms with van der Waals surface area (Å²) < 4.78 is 4.60. The summed E-state index contributed by atoms with van der Waals surface area (Å²) in [7, 11) is 1.38. The van der Waals surface area contributed by atoms with Gasteiger partial charge in [0.05, 0.1) is 13.5 Å². The monoisotopic (exact) mass is 245 g/mol. The van der Waals surface area contributed by atoms with Gasteiger partial charge in [-0.3, -0.25) is 9.59 Å². The van der Waals surface area contributed by atoms with Crippen molar-refractivity contribution >= 4 is 22.7 Å². The summed E-state index contributed by atoms with van der Waals surface area (Å²) in [6, 6.07) is 7.50. The minimum absolute atomic E-state index is 0.0502. The first kappa shape index (κ1) is 12.4. The normalized spacial score (nSPS) is 10.6. The number of ether oxygens (including phenoxy) is 1. The predicted octanol–water partition coefficient (Wildman–Crippen LogP) is 2.48. The first-order chi connectivity index (χ1) is 8.60. The van der Waals surface area contributed by atoms with Crippen molar-refractivity contribution in [1.29, 1.82) is 0 Å². The van der Waals surface area contributed by atoms with E-state index in [9.17, 15) is 9.59 Å². The number of ketones is 1. The lowest BCUT2D eigenvalue weighted by atomic mass is 10.1. The second kappa shape index (κ2) is 5.04. The van der Waals surface area contributed by atoms with E-state index in [0.717, 1.165) is 16.6 Å². The maximum Gasteiger partial charge on any atom is 0.305 e. The van der Waals surface area contributed by atoms with E-state index in [2.05, 4.69) is 9.72 Å². The molecular weight excluding hydrogens is 230 g/mol. The molecule has 0 saturated carbocycles. The Kier molecular flexibility index (Phi) is 3.46. The number of H-pyrrole nitrogens is 1. The van der Waals surface area contributed by atoms with Crippen molar-refractivity contribution < 1.29 is 14.3 Å². The van der Waals surface area contributed by atoms with Crippen molar-refractivity contribution in [2.24, 2.45) is 0 Å². The number of hydrogen-bond donors (Lipinski definition) is 1. The van der Waals surface area contributed by atoms with E-state index in [1.54, 1.807) is 13.0 Å². The SMILES string of the molecule is COC(=O)CCc1cc2cc(C(C)=O)ccc2[nH]1. The summed E-state index contributed by atoms with van der Waals surface area (Å²) in [6.07, 6.45) is 0.958. The van der Waals surface area contributed by atoms with Crippen molar-refractivity contribution in [3.8, 4) is 0 Å². The van der Waals surface area contributed by atoms with Gasteiger partial charge in [-0.15, -0.1) is 0 Å². The summed E-state index contributed by atoms with van der Waals surface area (Å²) in [4.78, 5) is 25.6. The number of esters is 1. The average Bonchev–Trinajstić information content (AvgIpc) is 2.77. The van der Waals surface area contributed by atoms with Crippen molar-refractivity contribution in [3.05, 3.63) is 35.5 Å². The molecule has 0 radical (unpaired) electrons. The molecule has 1 aromatic carbocycles. The number of Topliss-reactive ketones (excluding diaryl/α,β-unsaturated/α-hetero) is 1. The van der Waals surface area contributed by atoms with Crippen LogP contribution in [0, 0.1) is 0 Å². The number of carbonyl (C=O) groups excluding carboxylic acids is 2. The summed E-state index contributed by atoms with van der Waals surface area (Å²) in [6.45, 7) is 1.55. The smallest absolute Gasteiger partial charge is 0.305 e. The fourth-order valence-corrected chi connectivity index (χ4v) is 1.89. The van der Waals surface area contributed by atoms with Crippen LogP contribution in [0.1, 0.15) is 29.4 Å². The minimum atomic E-state index is -0.224. The summed E-state index contributed by atoms with van der Waals surface area (Å²) in [5.74, 6) is -0.174. The van der Waals surface area contributed by atoms with Gasteiger partial charge in [-0.2, -0.15) is 0 Å². The zero-order valence-electron chi connectivity index (χ0n) is 10.4. The van der Waals surface area contributed by atoms with Crippen molar-refractivity contribution in [2.75, 3.05) is 7.11 Å². The van der Waals surface area contributed by atoms with Gasteiger partial charge in [0.1, 0.15) is 0 Å². The van der Waals surface area contributed by atoms with E-state index < -0.39 is 0 Å². The Morgan fingerprint density at radius 2 is 2.06 bits per heavy atom. The number of fused-ring (bicyclic) bond motifs is 1. The highest BCUT2D eigenvalue weighted by Gasteiger charge is 2.06. The molecule has 0 spiro atoms. The Labute approximate surface area is 105 Å². The lowest BCUT2D eigenvalue weighted by Crippen LogP contribution is -2.01. The first-order valence-corrected chi connectivity index (χ1v) is 5.79. The molecule has 0 aliphatic carbocycles. The molecule has 4 nitrogen and oxygen atoms in total. The molecule has 0 atom stereocenters. The molecule has 1 aromatic heterocycles. The Bertz CT molecular complexity index is 598. The van der Waals surface area contributed by atoms with E-state index in [4.69, 9.17) is 0 Å². The highest BCUT2D eigenvalue weighted by atomic mass is 16.5. The summed E-state index contributed by atoms with van der Waals surface area (Å²) in [5.41, 5.74) is 2.64. The van der Waals surface area contributed by atoms with Gasteiger partial charge < -0.3 is 9.72 Å². The molecule has 0 bridgehead atoms. The summed E-state index contributed by atoms with van der Waals surface area (Å²) in [5, 5.41) is 0.988. The molecule has 94 valence electrons. The van der Waals surface area contributed by atoms with Gasteiger partial charge in [0, 0.05) is 22.2 Å². The molecule has 0 aliphatic rings. The zero-order chi connectivity index (χ0) is 13.1. The van der Waals surface area contributed by atoms with Gasteiger partial charge in [0.15, 0.2) is 5.78 Å². The molecule has 0 aliphatic heterocycles. The molecule has 0 fully saturated rings. The van der Waals surface area contributed by atoms with E-state index in [1.165, 1.54) is 7.11 Å². The molecule has 18 heavy (non-hydrogen) atoms. The standard InChI is InChI=1S/C14H15NO3/c1-9(16)10-3-5-13-11(7-10)8-12(15-13)4-6-14(17)18-2/h3,5,7-8,15H,4,6H2,1-2H3. The van der Waals surface area contributed by atoms with Crippen molar-refractivity contribution in [1.82, 2.24) is 4.98 Å².